The van der Waals surface area contributed by atoms with Crippen LogP contribution in [0.1, 0.15) is 37.4 Å². The van der Waals surface area contributed by atoms with Crippen molar-refractivity contribution in [3.63, 3.8) is 0 Å². The fourth-order valence-electron chi connectivity index (χ4n) is 5.35. The van der Waals surface area contributed by atoms with Crippen molar-refractivity contribution in [2.45, 2.75) is 37.8 Å². The van der Waals surface area contributed by atoms with Gasteiger partial charge in [0.1, 0.15) is 24.5 Å². The van der Waals surface area contributed by atoms with E-state index in [1.165, 1.54) is 5.57 Å². The van der Waals surface area contributed by atoms with Crippen LogP contribution in [0.3, 0.4) is 0 Å². The van der Waals surface area contributed by atoms with E-state index in [0.717, 1.165) is 67.5 Å². The van der Waals surface area contributed by atoms with Crippen molar-refractivity contribution in [2.24, 2.45) is 5.92 Å². The third kappa shape index (κ3) is 5.81. The lowest BCUT2D eigenvalue weighted by molar-refractivity contribution is 0.0843. The molecule has 0 bridgehead atoms. The van der Waals surface area contributed by atoms with Crippen molar-refractivity contribution in [3.05, 3.63) is 84.4 Å². The van der Waals surface area contributed by atoms with E-state index in [1.807, 2.05) is 24.3 Å². The summed E-state index contributed by atoms with van der Waals surface area (Å²) in [6.07, 6.45) is 16.8. The molecular weight excluding hydrogens is 454 g/mol. The third-order valence-electron chi connectivity index (χ3n) is 7.20. The lowest BCUT2D eigenvalue weighted by Gasteiger charge is -2.35. The summed E-state index contributed by atoms with van der Waals surface area (Å²) in [5, 5.41) is 15.9. The van der Waals surface area contributed by atoms with Crippen LogP contribution >= 0.6 is 0 Å². The van der Waals surface area contributed by atoms with Gasteiger partial charge in [0.15, 0.2) is 5.76 Å². The number of aliphatic hydroxyl groups is 1. The van der Waals surface area contributed by atoms with E-state index in [2.05, 4.69) is 33.4 Å². The zero-order valence-corrected chi connectivity index (χ0v) is 20.8. The van der Waals surface area contributed by atoms with Gasteiger partial charge >= 0.3 is 0 Å². The molecule has 0 radical (unpaired) electrons. The Morgan fingerprint density at radius 3 is 3.06 bits per heavy atom. The molecule has 3 unspecified atom stereocenters. The molecule has 1 aromatic carbocycles. The molecule has 3 aliphatic rings. The molecule has 7 nitrogen and oxygen atoms in total. The van der Waals surface area contributed by atoms with Gasteiger partial charge in [-0.15, -0.1) is 0 Å². The quantitative estimate of drug-likeness (QED) is 0.534. The molecule has 36 heavy (non-hydrogen) atoms. The number of nitrogens with one attached hydrogen (secondary N) is 1. The second kappa shape index (κ2) is 11.7. The topological polar surface area (TPSA) is 76.1 Å². The van der Waals surface area contributed by atoms with Crippen molar-refractivity contribution >= 4 is 10.9 Å². The lowest BCUT2D eigenvalue weighted by Crippen LogP contribution is -2.44. The molecule has 3 heterocycles. The second-order valence-electron chi connectivity index (χ2n) is 9.67. The molecular formula is C29H35N3O4. The van der Waals surface area contributed by atoms with Crippen molar-refractivity contribution < 1.29 is 19.3 Å². The summed E-state index contributed by atoms with van der Waals surface area (Å²) in [6, 6.07) is 7.87. The molecule has 2 N–H and O–H groups in total. The number of ether oxygens (including phenoxy) is 3. The molecule has 0 spiro atoms. The molecule has 190 valence electrons. The van der Waals surface area contributed by atoms with E-state index in [1.54, 1.807) is 32.1 Å². The number of nitrogens with zero attached hydrogens (tertiary/aromatic N) is 2. The fraction of sp³-hybridized carbons (Fsp3) is 0.414. The first-order valence-corrected chi connectivity index (χ1v) is 12.8. The van der Waals surface area contributed by atoms with Gasteiger partial charge in [0.2, 0.25) is 0 Å². The summed E-state index contributed by atoms with van der Waals surface area (Å²) >= 11 is 0. The van der Waals surface area contributed by atoms with Crippen LogP contribution in [0.15, 0.2) is 78.8 Å². The lowest BCUT2D eigenvalue weighted by atomic mass is 9.93. The Bertz CT molecular complexity index is 1170. The minimum Gasteiger partial charge on any atom is -0.495 e. The van der Waals surface area contributed by atoms with Crippen LogP contribution in [0.5, 0.6) is 5.75 Å². The number of rotatable bonds is 9. The van der Waals surface area contributed by atoms with E-state index < -0.39 is 6.10 Å². The Labute approximate surface area is 212 Å². The molecule has 1 aromatic heterocycles. The van der Waals surface area contributed by atoms with E-state index in [4.69, 9.17) is 14.2 Å². The average molecular weight is 490 g/mol. The molecule has 2 aromatic rings. The number of piperidine rings is 1. The predicted molar refractivity (Wildman–Crippen MR) is 140 cm³/mol. The van der Waals surface area contributed by atoms with Crippen molar-refractivity contribution in [3.8, 4) is 5.75 Å². The van der Waals surface area contributed by atoms with Crippen LogP contribution < -0.4 is 10.1 Å². The van der Waals surface area contributed by atoms with Crippen molar-refractivity contribution in [1.82, 2.24) is 15.2 Å². The predicted octanol–water partition coefficient (Wildman–Crippen LogP) is 4.58. The van der Waals surface area contributed by atoms with Gasteiger partial charge in [-0.2, -0.15) is 0 Å². The van der Waals surface area contributed by atoms with Gasteiger partial charge in [-0.25, -0.2) is 0 Å². The summed E-state index contributed by atoms with van der Waals surface area (Å²) in [4.78, 5) is 6.86. The van der Waals surface area contributed by atoms with Crippen molar-refractivity contribution in [1.29, 1.82) is 0 Å². The number of benzene rings is 1. The Balaban J connectivity index is 1.22. The number of methoxy groups -OCH3 is 1. The number of fused-ring (bicyclic) bond motifs is 1. The highest BCUT2D eigenvalue weighted by atomic mass is 16.5. The minimum absolute atomic E-state index is 0.000898. The highest BCUT2D eigenvalue weighted by Gasteiger charge is 2.27. The maximum absolute atomic E-state index is 11.2. The van der Waals surface area contributed by atoms with E-state index >= 15 is 0 Å². The normalized spacial score (nSPS) is 21.8. The van der Waals surface area contributed by atoms with Crippen LogP contribution in [0, 0.1) is 5.92 Å². The average Bonchev–Trinajstić information content (AvgIpc) is 2.94. The zero-order valence-electron chi connectivity index (χ0n) is 20.8. The molecule has 0 amide bonds. The van der Waals surface area contributed by atoms with Crippen LogP contribution in [0.25, 0.3) is 10.9 Å². The molecule has 7 heteroatoms. The highest BCUT2D eigenvalue weighted by molar-refractivity contribution is 5.83. The first kappa shape index (κ1) is 24.6. The van der Waals surface area contributed by atoms with Gasteiger partial charge < -0.3 is 29.5 Å². The van der Waals surface area contributed by atoms with Crippen LogP contribution in [0.4, 0.5) is 0 Å². The van der Waals surface area contributed by atoms with E-state index in [-0.39, 0.29) is 6.04 Å². The van der Waals surface area contributed by atoms with Gasteiger partial charge in [0.25, 0.3) is 0 Å². The Kier molecular flexibility index (Phi) is 8.01. The molecule has 2 aliphatic heterocycles. The number of hydrogen-bond donors (Lipinski definition) is 2. The van der Waals surface area contributed by atoms with Gasteiger partial charge in [0.05, 0.1) is 31.0 Å². The SMILES string of the molecule is COc1cnc2cccc(C(O)CN3CCCC(CNC(C4=CC=CCC4)C4=COC=CO4)C3)c2c1. The first-order valence-electron chi connectivity index (χ1n) is 12.8. The highest BCUT2D eigenvalue weighted by Crippen LogP contribution is 2.29. The number of pyridine rings is 1. The number of aliphatic hydroxyl groups excluding tert-OH is 1. The Morgan fingerprint density at radius 2 is 2.25 bits per heavy atom. The molecule has 1 fully saturated rings. The first-order chi connectivity index (χ1) is 17.7. The molecule has 0 saturated carbocycles. The van der Waals surface area contributed by atoms with Gasteiger partial charge in [-0.05, 0) is 61.4 Å². The summed E-state index contributed by atoms with van der Waals surface area (Å²) in [5.74, 6) is 1.98. The third-order valence-corrected chi connectivity index (χ3v) is 7.20. The second-order valence-corrected chi connectivity index (χ2v) is 9.67. The Morgan fingerprint density at radius 1 is 1.31 bits per heavy atom. The van der Waals surface area contributed by atoms with E-state index in [0.29, 0.717) is 18.2 Å². The molecule has 1 aliphatic carbocycles. The molecule has 3 atom stereocenters. The van der Waals surface area contributed by atoms with Gasteiger partial charge in [-0.3, -0.25) is 4.98 Å². The fourth-order valence-corrected chi connectivity index (χ4v) is 5.35. The summed E-state index contributed by atoms with van der Waals surface area (Å²) in [7, 11) is 1.64. The van der Waals surface area contributed by atoms with Crippen molar-refractivity contribution in [2.75, 3.05) is 33.3 Å². The number of aromatic nitrogens is 1. The zero-order chi connectivity index (χ0) is 24.7. The van der Waals surface area contributed by atoms with Crippen LogP contribution in [-0.2, 0) is 9.47 Å². The molecule has 5 rings (SSSR count). The monoisotopic (exact) mass is 489 g/mol. The van der Waals surface area contributed by atoms with Gasteiger partial charge in [0, 0.05) is 25.0 Å². The smallest absolute Gasteiger partial charge is 0.159 e. The number of hydrogen-bond acceptors (Lipinski definition) is 7. The maximum Gasteiger partial charge on any atom is 0.159 e. The standard InChI is InChI=1S/C29H35N3O4/c1-34-23-15-25-24(10-5-11-26(25)30-17-23)27(33)19-32-12-6-7-21(18-32)16-31-29(22-8-3-2-4-9-22)28-20-35-13-14-36-28/h2-3,5,8,10-11,13-15,17,20-21,27,29,31,33H,4,6-7,9,12,16,18-19H2,1H3. The maximum atomic E-state index is 11.2. The largest absolute Gasteiger partial charge is 0.495 e. The number of likely N-dealkylation sites (tertiary alicyclic amines) is 1. The summed E-state index contributed by atoms with van der Waals surface area (Å²) in [5.41, 5.74) is 3.07. The van der Waals surface area contributed by atoms with Gasteiger partial charge in [-0.1, -0.05) is 30.4 Å². The minimum atomic E-state index is -0.592. The van der Waals surface area contributed by atoms with E-state index in [9.17, 15) is 5.11 Å². The van der Waals surface area contributed by atoms with Crippen LogP contribution in [-0.4, -0.2) is 54.3 Å². The number of allylic oxidation sites excluding steroid dienone is 3. The molecule has 1 saturated heterocycles. The number of β-amino-alcohol motifs (C(OH)–C–C–N with tert-alkyl or cyclic N) is 1. The summed E-state index contributed by atoms with van der Waals surface area (Å²) < 4.78 is 16.5. The van der Waals surface area contributed by atoms with Crippen LogP contribution in [0.2, 0.25) is 0 Å². The Hall–Kier alpha value is -3.13. The summed E-state index contributed by atoms with van der Waals surface area (Å²) in [6.45, 7) is 3.40.